The molecule has 0 aromatic carbocycles. The van der Waals surface area contributed by atoms with E-state index in [-0.39, 0.29) is 0 Å². The summed E-state index contributed by atoms with van der Waals surface area (Å²) in [6.07, 6.45) is 2.31. The number of hydrogen-bond acceptors (Lipinski definition) is 2. The monoisotopic (exact) mass is 162 g/mol. The Labute approximate surface area is 73.0 Å². The molecule has 0 spiro atoms. The van der Waals surface area contributed by atoms with E-state index in [1.54, 1.807) is 0 Å². The summed E-state index contributed by atoms with van der Waals surface area (Å²) in [7, 11) is 0. The van der Waals surface area contributed by atoms with E-state index in [4.69, 9.17) is 0 Å². The highest BCUT2D eigenvalue weighted by molar-refractivity contribution is 5.50. The van der Waals surface area contributed by atoms with Crippen LogP contribution in [0.2, 0.25) is 0 Å². The van der Waals surface area contributed by atoms with Gasteiger partial charge in [-0.1, -0.05) is 0 Å². The van der Waals surface area contributed by atoms with Gasteiger partial charge in [-0.2, -0.15) is 0 Å². The minimum atomic E-state index is 0.599. The second-order valence-corrected chi connectivity index (χ2v) is 3.53. The summed E-state index contributed by atoms with van der Waals surface area (Å²) in [5.41, 5.74) is 3.57. The molecule has 12 heavy (non-hydrogen) atoms. The zero-order chi connectivity index (χ0) is 8.55. The van der Waals surface area contributed by atoms with Crippen molar-refractivity contribution >= 4 is 5.69 Å². The predicted octanol–water partition coefficient (Wildman–Crippen LogP) is 2.14. The first-order chi connectivity index (χ1) is 5.75. The summed E-state index contributed by atoms with van der Waals surface area (Å²) in [5.74, 6) is 0. The SMILES string of the molecule is Cc1ccc2c(n1)CC[C@H](C)N2. The first-order valence-corrected chi connectivity index (χ1v) is 4.49. The van der Waals surface area contributed by atoms with Crippen LogP contribution >= 0.6 is 0 Å². The topological polar surface area (TPSA) is 24.9 Å². The van der Waals surface area contributed by atoms with Crippen LogP contribution in [0.1, 0.15) is 24.7 Å². The second-order valence-electron chi connectivity index (χ2n) is 3.53. The van der Waals surface area contributed by atoms with Gasteiger partial charge < -0.3 is 5.32 Å². The maximum Gasteiger partial charge on any atom is 0.0638 e. The van der Waals surface area contributed by atoms with Crippen molar-refractivity contribution in [3.8, 4) is 0 Å². The lowest BCUT2D eigenvalue weighted by atomic mass is 10.0. The van der Waals surface area contributed by atoms with Gasteiger partial charge >= 0.3 is 0 Å². The minimum absolute atomic E-state index is 0.599. The molecule has 0 saturated carbocycles. The standard InChI is InChI=1S/C10H14N2/c1-7-3-5-10-9(11-7)6-4-8(2)12-10/h3,5,8,12H,4,6H2,1-2H3/t8-/m0/s1. The van der Waals surface area contributed by atoms with Gasteiger partial charge in [-0.3, -0.25) is 4.98 Å². The molecule has 0 radical (unpaired) electrons. The lowest BCUT2D eigenvalue weighted by molar-refractivity contribution is 0.666. The van der Waals surface area contributed by atoms with Gasteiger partial charge in [0.25, 0.3) is 0 Å². The Balaban J connectivity index is 2.37. The third-order valence-corrected chi connectivity index (χ3v) is 2.33. The number of nitrogens with one attached hydrogen (secondary N) is 1. The molecule has 2 heterocycles. The molecule has 1 aliphatic rings. The number of fused-ring (bicyclic) bond motifs is 1. The lowest BCUT2D eigenvalue weighted by Crippen LogP contribution is -2.22. The normalized spacial score (nSPS) is 21.3. The van der Waals surface area contributed by atoms with Crippen LogP contribution in [-0.2, 0) is 6.42 Å². The van der Waals surface area contributed by atoms with Crippen LogP contribution in [0.25, 0.3) is 0 Å². The van der Waals surface area contributed by atoms with Crippen molar-refractivity contribution in [3.05, 3.63) is 23.5 Å². The molecular weight excluding hydrogens is 148 g/mol. The highest BCUT2D eigenvalue weighted by Crippen LogP contribution is 2.22. The molecule has 1 aromatic heterocycles. The average molecular weight is 162 g/mol. The highest BCUT2D eigenvalue weighted by atomic mass is 14.9. The van der Waals surface area contributed by atoms with Gasteiger partial charge in [0.15, 0.2) is 0 Å². The van der Waals surface area contributed by atoms with E-state index in [1.807, 2.05) is 6.92 Å². The Kier molecular flexibility index (Phi) is 1.75. The van der Waals surface area contributed by atoms with E-state index in [0.29, 0.717) is 6.04 Å². The zero-order valence-electron chi connectivity index (χ0n) is 7.59. The quantitative estimate of drug-likeness (QED) is 0.632. The molecule has 0 saturated heterocycles. The van der Waals surface area contributed by atoms with Gasteiger partial charge in [0.1, 0.15) is 0 Å². The molecule has 0 fully saturated rings. The Morgan fingerprint density at radius 2 is 2.33 bits per heavy atom. The second kappa shape index (κ2) is 2.77. The smallest absolute Gasteiger partial charge is 0.0638 e. The minimum Gasteiger partial charge on any atom is -0.381 e. The molecular formula is C10H14N2. The summed E-state index contributed by atoms with van der Waals surface area (Å²) >= 11 is 0. The van der Waals surface area contributed by atoms with Crippen LogP contribution in [0.4, 0.5) is 5.69 Å². The summed E-state index contributed by atoms with van der Waals surface area (Å²) < 4.78 is 0. The highest BCUT2D eigenvalue weighted by Gasteiger charge is 2.14. The molecule has 2 rings (SSSR count). The van der Waals surface area contributed by atoms with Crippen LogP contribution in [0, 0.1) is 6.92 Å². The zero-order valence-corrected chi connectivity index (χ0v) is 7.59. The van der Waals surface area contributed by atoms with Gasteiger partial charge in [-0.15, -0.1) is 0 Å². The van der Waals surface area contributed by atoms with Crippen molar-refractivity contribution in [1.82, 2.24) is 4.98 Å². The first-order valence-electron chi connectivity index (χ1n) is 4.49. The molecule has 2 heteroatoms. The number of rotatable bonds is 0. The Hall–Kier alpha value is -1.05. The van der Waals surface area contributed by atoms with Crippen LogP contribution < -0.4 is 5.32 Å². The molecule has 1 atom stereocenters. The van der Waals surface area contributed by atoms with E-state index >= 15 is 0 Å². The molecule has 1 aromatic rings. The van der Waals surface area contributed by atoms with Crippen molar-refractivity contribution in [2.75, 3.05) is 5.32 Å². The maximum absolute atomic E-state index is 4.49. The lowest BCUT2D eigenvalue weighted by Gasteiger charge is -2.23. The number of nitrogens with zero attached hydrogens (tertiary/aromatic N) is 1. The van der Waals surface area contributed by atoms with Crippen molar-refractivity contribution in [3.63, 3.8) is 0 Å². The van der Waals surface area contributed by atoms with Crippen LogP contribution in [0.15, 0.2) is 12.1 Å². The number of pyridine rings is 1. The predicted molar refractivity (Wildman–Crippen MR) is 50.4 cm³/mol. The van der Waals surface area contributed by atoms with E-state index in [9.17, 15) is 0 Å². The van der Waals surface area contributed by atoms with Crippen molar-refractivity contribution in [2.45, 2.75) is 32.7 Å². The fraction of sp³-hybridized carbons (Fsp3) is 0.500. The van der Waals surface area contributed by atoms with Gasteiger partial charge in [0.2, 0.25) is 0 Å². The van der Waals surface area contributed by atoms with E-state index < -0.39 is 0 Å². The number of anilines is 1. The number of aryl methyl sites for hydroxylation is 2. The van der Waals surface area contributed by atoms with Crippen LogP contribution in [0.3, 0.4) is 0 Å². The summed E-state index contributed by atoms with van der Waals surface area (Å²) in [6, 6.07) is 4.79. The van der Waals surface area contributed by atoms with Crippen LogP contribution in [0.5, 0.6) is 0 Å². The average Bonchev–Trinajstić information content (AvgIpc) is 2.05. The Morgan fingerprint density at radius 1 is 1.50 bits per heavy atom. The molecule has 64 valence electrons. The van der Waals surface area contributed by atoms with Crippen molar-refractivity contribution < 1.29 is 0 Å². The largest absolute Gasteiger partial charge is 0.381 e. The Bertz CT molecular complexity index is 294. The van der Waals surface area contributed by atoms with E-state index in [0.717, 1.165) is 12.1 Å². The molecule has 1 N–H and O–H groups in total. The Morgan fingerprint density at radius 3 is 3.17 bits per heavy atom. The molecule has 0 aliphatic carbocycles. The summed E-state index contributed by atoms with van der Waals surface area (Å²) in [5, 5.41) is 3.42. The molecule has 0 unspecified atom stereocenters. The molecule has 1 aliphatic heterocycles. The number of aromatic nitrogens is 1. The first kappa shape index (κ1) is 7.59. The third-order valence-electron chi connectivity index (χ3n) is 2.33. The summed E-state index contributed by atoms with van der Waals surface area (Å²) in [6.45, 7) is 4.25. The molecule has 2 nitrogen and oxygen atoms in total. The summed E-state index contributed by atoms with van der Waals surface area (Å²) in [4.78, 5) is 4.49. The van der Waals surface area contributed by atoms with E-state index in [1.165, 1.54) is 17.8 Å². The van der Waals surface area contributed by atoms with Gasteiger partial charge in [-0.25, -0.2) is 0 Å². The van der Waals surface area contributed by atoms with Gasteiger partial charge in [0.05, 0.1) is 11.4 Å². The van der Waals surface area contributed by atoms with Gasteiger partial charge in [0, 0.05) is 11.7 Å². The molecule has 0 amide bonds. The van der Waals surface area contributed by atoms with E-state index in [2.05, 4.69) is 29.4 Å². The number of hydrogen-bond donors (Lipinski definition) is 1. The van der Waals surface area contributed by atoms with Crippen molar-refractivity contribution in [1.29, 1.82) is 0 Å². The van der Waals surface area contributed by atoms with Crippen LogP contribution in [-0.4, -0.2) is 11.0 Å². The third kappa shape index (κ3) is 1.29. The fourth-order valence-electron chi connectivity index (χ4n) is 1.62. The fourth-order valence-corrected chi connectivity index (χ4v) is 1.62. The maximum atomic E-state index is 4.49. The van der Waals surface area contributed by atoms with Crippen molar-refractivity contribution in [2.24, 2.45) is 0 Å². The van der Waals surface area contributed by atoms with Gasteiger partial charge in [-0.05, 0) is 38.8 Å². The molecule has 0 bridgehead atoms.